The van der Waals surface area contributed by atoms with Gasteiger partial charge in [0.1, 0.15) is 11.9 Å². The van der Waals surface area contributed by atoms with Gasteiger partial charge in [0.2, 0.25) is 0 Å². The number of carboxylic acids is 1. The fourth-order valence-electron chi connectivity index (χ4n) is 1.42. The average Bonchev–Trinajstić information content (AvgIpc) is 2.74. The van der Waals surface area contributed by atoms with E-state index in [1.54, 1.807) is 26.2 Å². The first-order valence-corrected chi connectivity index (χ1v) is 4.66. The summed E-state index contributed by atoms with van der Waals surface area (Å²) in [7, 11) is 0. The molecule has 0 spiro atoms. The molecule has 2 aromatic rings. The molecule has 0 saturated heterocycles. The number of hydrogen-bond donors (Lipinski definition) is 1. The minimum Gasteiger partial charge on any atom is -0.478 e. The summed E-state index contributed by atoms with van der Waals surface area (Å²) in [5, 5.41) is 17.0. The molecule has 0 atom stereocenters. The van der Waals surface area contributed by atoms with Crippen LogP contribution in [0.1, 0.15) is 21.6 Å². The third kappa shape index (κ3) is 1.54. The Morgan fingerprint density at radius 2 is 2.12 bits per heavy atom. The molecule has 0 saturated carbocycles. The number of aryl methyl sites for hydroxylation is 1. The van der Waals surface area contributed by atoms with E-state index in [2.05, 4.69) is 15.2 Å². The smallest absolute Gasteiger partial charge is 0.339 e. The van der Waals surface area contributed by atoms with E-state index < -0.39 is 5.97 Å². The number of aromatic nitrogens is 4. The minimum atomic E-state index is -1.01. The molecule has 2 heterocycles. The Morgan fingerprint density at radius 1 is 1.38 bits per heavy atom. The number of carbonyl (C=O) groups is 1. The third-order valence-electron chi connectivity index (χ3n) is 2.40. The van der Waals surface area contributed by atoms with Crippen LogP contribution in [0.25, 0.3) is 5.82 Å². The number of nitrogens with zero attached hydrogens (tertiary/aromatic N) is 4. The van der Waals surface area contributed by atoms with Crippen molar-refractivity contribution in [1.29, 1.82) is 0 Å². The van der Waals surface area contributed by atoms with Crippen LogP contribution in [0.2, 0.25) is 0 Å². The number of hydrogen-bond acceptors (Lipinski definition) is 4. The van der Waals surface area contributed by atoms with Gasteiger partial charge in [-0.05, 0) is 19.4 Å². The average molecular weight is 218 g/mol. The summed E-state index contributed by atoms with van der Waals surface area (Å²) in [5.74, 6) is -0.729. The Kier molecular flexibility index (Phi) is 2.40. The lowest BCUT2D eigenvalue weighted by molar-refractivity contribution is 0.0695. The number of carboxylic acid groups (broad SMARTS) is 1. The summed E-state index contributed by atoms with van der Waals surface area (Å²) in [6, 6.07) is 0. The highest BCUT2D eigenvalue weighted by Crippen LogP contribution is 2.17. The molecule has 0 aliphatic rings. The van der Waals surface area contributed by atoms with Gasteiger partial charge in [0.15, 0.2) is 5.82 Å². The topological polar surface area (TPSA) is 80.9 Å². The first-order chi connectivity index (χ1) is 7.61. The SMILES string of the molecule is Cc1nnc(-n2ccnc2)c(C(=O)O)c1C. The van der Waals surface area contributed by atoms with E-state index in [1.807, 2.05) is 0 Å². The Labute approximate surface area is 91.6 Å². The van der Waals surface area contributed by atoms with Crippen LogP contribution in [0, 0.1) is 13.8 Å². The van der Waals surface area contributed by atoms with Crippen molar-refractivity contribution >= 4 is 5.97 Å². The summed E-state index contributed by atoms with van der Waals surface area (Å²) < 4.78 is 1.53. The van der Waals surface area contributed by atoms with Crippen molar-refractivity contribution in [3.05, 3.63) is 35.5 Å². The molecule has 6 heteroatoms. The van der Waals surface area contributed by atoms with Crippen LogP contribution in [0.3, 0.4) is 0 Å². The second-order valence-corrected chi connectivity index (χ2v) is 3.38. The van der Waals surface area contributed by atoms with Crippen LogP contribution < -0.4 is 0 Å². The van der Waals surface area contributed by atoms with Gasteiger partial charge in [-0.3, -0.25) is 4.57 Å². The normalized spacial score (nSPS) is 10.4. The third-order valence-corrected chi connectivity index (χ3v) is 2.40. The molecule has 0 aliphatic heterocycles. The van der Waals surface area contributed by atoms with Crippen molar-refractivity contribution in [1.82, 2.24) is 19.7 Å². The van der Waals surface area contributed by atoms with Crippen LogP contribution in [-0.4, -0.2) is 30.8 Å². The van der Waals surface area contributed by atoms with E-state index in [9.17, 15) is 4.79 Å². The zero-order chi connectivity index (χ0) is 11.7. The Morgan fingerprint density at radius 3 is 2.69 bits per heavy atom. The van der Waals surface area contributed by atoms with Gasteiger partial charge >= 0.3 is 5.97 Å². The van der Waals surface area contributed by atoms with E-state index in [0.29, 0.717) is 11.3 Å². The lowest BCUT2D eigenvalue weighted by atomic mass is 10.1. The summed E-state index contributed by atoms with van der Waals surface area (Å²) in [5.41, 5.74) is 1.39. The van der Waals surface area contributed by atoms with Gasteiger partial charge in [0, 0.05) is 12.4 Å². The summed E-state index contributed by atoms with van der Waals surface area (Å²) in [6.07, 6.45) is 4.68. The van der Waals surface area contributed by atoms with Gasteiger partial charge in [0.25, 0.3) is 0 Å². The van der Waals surface area contributed by atoms with Crippen LogP contribution in [0.4, 0.5) is 0 Å². The first kappa shape index (κ1) is 10.3. The van der Waals surface area contributed by atoms with Crippen molar-refractivity contribution in [2.45, 2.75) is 13.8 Å². The van der Waals surface area contributed by atoms with Crippen molar-refractivity contribution in [3.63, 3.8) is 0 Å². The molecule has 6 nitrogen and oxygen atoms in total. The second kappa shape index (κ2) is 3.73. The molecule has 2 aromatic heterocycles. The zero-order valence-electron chi connectivity index (χ0n) is 8.88. The first-order valence-electron chi connectivity index (χ1n) is 4.66. The Balaban J connectivity index is 2.71. The summed E-state index contributed by atoms with van der Waals surface area (Å²) >= 11 is 0. The lowest BCUT2D eigenvalue weighted by Gasteiger charge is -2.08. The Bertz CT molecular complexity index is 534. The monoisotopic (exact) mass is 218 g/mol. The summed E-state index contributed by atoms with van der Waals surface area (Å²) in [4.78, 5) is 15.0. The van der Waals surface area contributed by atoms with Crippen LogP contribution in [0.15, 0.2) is 18.7 Å². The molecule has 82 valence electrons. The molecule has 0 fully saturated rings. The largest absolute Gasteiger partial charge is 0.478 e. The molecule has 1 N–H and O–H groups in total. The molecular weight excluding hydrogens is 208 g/mol. The predicted octanol–water partition coefficient (Wildman–Crippen LogP) is 0.977. The minimum absolute atomic E-state index is 0.158. The lowest BCUT2D eigenvalue weighted by Crippen LogP contribution is -2.12. The van der Waals surface area contributed by atoms with E-state index in [-0.39, 0.29) is 11.4 Å². The highest BCUT2D eigenvalue weighted by molar-refractivity contribution is 5.92. The van der Waals surface area contributed by atoms with Crippen LogP contribution in [0.5, 0.6) is 0 Å². The number of rotatable bonds is 2. The maximum Gasteiger partial charge on any atom is 0.339 e. The molecule has 0 aromatic carbocycles. The molecule has 0 radical (unpaired) electrons. The molecule has 2 rings (SSSR count). The maximum absolute atomic E-state index is 11.2. The highest BCUT2D eigenvalue weighted by Gasteiger charge is 2.18. The van der Waals surface area contributed by atoms with Gasteiger partial charge in [-0.25, -0.2) is 9.78 Å². The number of aromatic carboxylic acids is 1. The molecule has 0 aliphatic carbocycles. The van der Waals surface area contributed by atoms with Gasteiger partial charge < -0.3 is 5.11 Å². The van der Waals surface area contributed by atoms with E-state index in [0.717, 1.165) is 0 Å². The highest BCUT2D eigenvalue weighted by atomic mass is 16.4. The van der Waals surface area contributed by atoms with Gasteiger partial charge in [-0.2, -0.15) is 5.10 Å². The maximum atomic E-state index is 11.2. The fourth-order valence-corrected chi connectivity index (χ4v) is 1.42. The van der Waals surface area contributed by atoms with Crippen molar-refractivity contribution < 1.29 is 9.90 Å². The molecule has 16 heavy (non-hydrogen) atoms. The van der Waals surface area contributed by atoms with Crippen LogP contribution in [-0.2, 0) is 0 Å². The van der Waals surface area contributed by atoms with Crippen molar-refractivity contribution in [2.24, 2.45) is 0 Å². The van der Waals surface area contributed by atoms with Crippen molar-refractivity contribution in [2.75, 3.05) is 0 Å². The van der Waals surface area contributed by atoms with Gasteiger partial charge in [-0.15, -0.1) is 5.10 Å². The standard InChI is InChI=1S/C10H10N4O2/c1-6-7(2)12-13-9(8(6)10(15)16)14-4-3-11-5-14/h3-5H,1-2H3,(H,15,16). The van der Waals surface area contributed by atoms with E-state index in [4.69, 9.17) is 5.11 Å². The quantitative estimate of drug-likeness (QED) is 0.812. The van der Waals surface area contributed by atoms with Gasteiger partial charge in [0.05, 0.1) is 5.69 Å². The molecule has 0 bridgehead atoms. The molecular formula is C10H10N4O2. The van der Waals surface area contributed by atoms with Gasteiger partial charge in [-0.1, -0.05) is 0 Å². The zero-order valence-corrected chi connectivity index (χ0v) is 8.88. The van der Waals surface area contributed by atoms with Crippen molar-refractivity contribution in [3.8, 4) is 5.82 Å². The second-order valence-electron chi connectivity index (χ2n) is 3.38. The molecule has 0 unspecified atom stereocenters. The predicted molar refractivity (Wildman–Crippen MR) is 55.6 cm³/mol. The van der Waals surface area contributed by atoms with Crippen LogP contribution >= 0.6 is 0 Å². The van der Waals surface area contributed by atoms with E-state index in [1.165, 1.54) is 10.9 Å². The van der Waals surface area contributed by atoms with E-state index >= 15 is 0 Å². The fraction of sp³-hybridized carbons (Fsp3) is 0.200. The summed E-state index contributed by atoms with van der Waals surface area (Å²) in [6.45, 7) is 3.44. The number of imidazole rings is 1. The molecule has 0 amide bonds. The Hall–Kier alpha value is -2.24.